The number of H-pyrrole nitrogens is 1. The molecule has 5 rings (SSSR count). The topological polar surface area (TPSA) is 46.5 Å². The summed E-state index contributed by atoms with van der Waals surface area (Å²) in [5.41, 5.74) is -6.89. The van der Waals surface area contributed by atoms with E-state index in [9.17, 15) is 35.2 Å². The summed E-state index contributed by atoms with van der Waals surface area (Å²) in [4.78, 5) is 8.49. The van der Waals surface area contributed by atoms with Gasteiger partial charge in [0.1, 0.15) is 22.2 Å². The van der Waals surface area contributed by atoms with Gasteiger partial charge in [-0.1, -0.05) is 4.48 Å². The molecule has 0 fully saturated rings. The van der Waals surface area contributed by atoms with Gasteiger partial charge < -0.3 is 4.98 Å². The van der Waals surface area contributed by atoms with Crippen LogP contribution >= 0.6 is 0 Å². The zero-order valence-electron chi connectivity index (χ0n) is 15.3. The van der Waals surface area contributed by atoms with Crippen molar-refractivity contribution in [3.63, 3.8) is 0 Å². The average molecular weight is 454 g/mol. The van der Waals surface area contributed by atoms with Crippen molar-refractivity contribution in [2.45, 2.75) is 0 Å². The highest BCUT2D eigenvalue weighted by molar-refractivity contribution is 5.82. The van der Waals surface area contributed by atoms with E-state index >= 15 is 0 Å². The summed E-state index contributed by atoms with van der Waals surface area (Å²) in [7, 11) is 0. The van der Waals surface area contributed by atoms with Gasteiger partial charge in [-0.2, -0.15) is 4.79 Å². The minimum atomic E-state index is -2.10. The second-order valence-electron chi connectivity index (χ2n) is 6.73. The molecule has 2 aliphatic heterocycles. The van der Waals surface area contributed by atoms with Crippen molar-refractivity contribution >= 4 is 46.1 Å². The first-order chi connectivity index (χ1) is 15.2. The Balaban J connectivity index is 2.06. The standard InChI is InChI=1S/C20H6F8N4/c21-9-4-8-3-6-1-2-7(29-6)5-10-11(22)14(25)20(32(10)28)16(27)19-13(24)12(23)18(31-19)15(26)17(9)30-8/h1-5,31H. The molecule has 12 heteroatoms. The largest absolute Gasteiger partial charge is 0.346 e. The van der Waals surface area contributed by atoms with Crippen LogP contribution in [-0.2, 0) is 0 Å². The number of hydrogen-bond acceptors (Lipinski definition) is 2. The molecule has 0 saturated carbocycles. The Morgan fingerprint density at radius 2 is 1.28 bits per heavy atom. The monoisotopic (exact) mass is 454 g/mol. The van der Waals surface area contributed by atoms with E-state index in [0.29, 0.717) is 0 Å². The van der Waals surface area contributed by atoms with Crippen LogP contribution in [0.1, 0.15) is 22.8 Å². The van der Waals surface area contributed by atoms with Gasteiger partial charge in [0.2, 0.25) is 0 Å². The van der Waals surface area contributed by atoms with Gasteiger partial charge in [-0.15, -0.1) is 0 Å². The predicted octanol–water partition coefficient (Wildman–Crippen LogP) is 5.99. The van der Waals surface area contributed by atoms with E-state index in [-0.39, 0.29) is 17.1 Å². The summed E-state index contributed by atoms with van der Waals surface area (Å²) in [6.45, 7) is 0. The number of aromatic nitrogens is 4. The molecule has 0 aromatic carbocycles. The zero-order valence-corrected chi connectivity index (χ0v) is 15.3. The molecule has 0 aliphatic carbocycles. The van der Waals surface area contributed by atoms with E-state index in [1.807, 2.05) is 0 Å². The Hall–Kier alpha value is -3.96. The van der Waals surface area contributed by atoms with Gasteiger partial charge in [-0.05, 0) is 24.3 Å². The molecule has 32 heavy (non-hydrogen) atoms. The molecule has 162 valence electrons. The minimum absolute atomic E-state index is 0.1000. The van der Waals surface area contributed by atoms with Crippen LogP contribution in [0.15, 0.2) is 12.1 Å². The quantitative estimate of drug-likeness (QED) is 0.332. The fraction of sp³-hybridized carbons (Fsp3) is 0. The van der Waals surface area contributed by atoms with Crippen LogP contribution in [0.4, 0.5) is 35.2 Å². The lowest BCUT2D eigenvalue weighted by atomic mass is 10.3. The highest BCUT2D eigenvalue weighted by atomic mass is 19.2. The maximum Gasteiger partial charge on any atom is 0.190 e. The smallest absolute Gasteiger partial charge is 0.190 e. The van der Waals surface area contributed by atoms with Gasteiger partial charge >= 0.3 is 0 Å². The number of rotatable bonds is 0. The van der Waals surface area contributed by atoms with E-state index in [1.54, 1.807) is 4.98 Å². The molecular formula is C20H6F8N4. The van der Waals surface area contributed by atoms with Crippen molar-refractivity contribution < 1.29 is 35.2 Å². The van der Waals surface area contributed by atoms with Crippen LogP contribution in [0, 0.1) is 34.9 Å². The Labute approximate surface area is 171 Å². The van der Waals surface area contributed by atoms with Crippen LogP contribution < -0.4 is 0 Å². The highest BCUT2D eigenvalue weighted by Crippen LogP contribution is 2.31. The highest BCUT2D eigenvalue weighted by Gasteiger charge is 2.26. The molecule has 3 aromatic heterocycles. The fourth-order valence-corrected chi connectivity index (χ4v) is 3.29. The molecule has 0 amide bonds. The lowest BCUT2D eigenvalue weighted by Gasteiger charge is -1.93. The van der Waals surface area contributed by atoms with Gasteiger partial charge in [0.25, 0.3) is 0 Å². The Kier molecular flexibility index (Phi) is 4.23. The van der Waals surface area contributed by atoms with Crippen molar-refractivity contribution in [3.05, 3.63) is 69.8 Å². The van der Waals surface area contributed by atoms with Gasteiger partial charge in [0.15, 0.2) is 46.2 Å². The molecule has 0 saturated heterocycles. The summed E-state index contributed by atoms with van der Waals surface area (Å²) >= 11 is 0. The van der Waals surface area contributed by atoms with Gasteiger partial charge in [0, 0.05) is 6.08 Å². The summed E-state index contributed by atoms with van der Waals surface area (Å²) in [6.07, 6.45) is 3.37. The number of aromatic amines is 1. The maximum absolute atomic E-state index is 14.8. The zero-order chi connectivity index (χ0) is 22.9. The maximum atomic E-state index is 14.8. The SMILES string of the molecule is FC1=Cc2cc3nc(cc4c(F)c(F)c(c(F)c5[nH]c(c(F)c1n2)c(F)c5F)n4F)C=C3. The number of nitrogens with one attached hydrogen (secondary N) is 1. The molecular weight excluding hydrogens is 448 g/mol. The Bertz CT molecular complexity index is 1560. The predicted molar refractivity (Wildman–Crippen MR) is 98.8 cm³/mol. The summed E-state index contributed by atoms with van der Waals surface area (Å²) < 4.78 is 116. The van der Waals surface area contributed by atoms with Crippen LogP contribution in [0.2, 0.25) is 0 Å². The van der Waals surface area contributed by atoms with Crippen molar-refractivity contribution in [1.29, 1.82) is 0 Å². The van der Waals surface area contributed by atoms with Gasteiger partial charge in [-0.25, -0.2) is 40.7 Å². The number of hydrogen-bond donors (Lipinski definition) is 1. The van der Waals surface area contributed by atoms with Crippen molar-refractivity contribution in [3.8, 4) is 0 Å². The number of halogens is 8. The van der Waals surface area contributed by atoms with Crippen molar-refractivity contribution in [2.24, 2.45) is 0 Å². The lowest BCUT2D eigenvalue weighted by Crippen LogP contribution is -1.89. The molecule has 5 heterocycles. The fourth-order valence-electron chi connectivity index (χ4n) is 3.29. The molecule has 0 radical (unpaired) electrons. The van der Waals surface area contributed by atoms with Crippen LogP contribution in [0.5, 0.6) is 0 Å². The Morgan fingerprint density at radius 3 is 1.97 bits per heavy atom. The first kappa shape index (κ1) is 20.0. The lowest BCUT2D eigenvalue weighted by molar-refractivity contribution is 0.394. The third kappa shape index (κ3) is 2.75. The first-order valence-corrected chi connectivity index (χ1v) is 8.73. The normalized spacial score (nSPS) is 13.1. The molecule has 4 nitrogen and oxygen atoms in total. The van der Waals surface area contributed by atoms with E-state index in [0.717, 1.165) is 12.1 Å². The number of nitrogens with zero attached hydrogens (tertiary/aromatic N) is 3. The molecule has 1 N–H and O–H groups in total. The Morgan fingerprint density at radius 1 is 0.656 bits per heavy atom. The molecule has 8 bridgehead atoms. The molecule has 0 spiro atoms. The third-order valence-corrected chi connectivity index (χ3v) is 4.77. The van der Waals surface area contributed by atoms with Gasteiger partial charge in [0.05, 0.1) is 17.1 Å². The van der Waals surface area contributed by atoms with E-state index < -0.39 is 73.3 Å². The van der Waals surface area contributed by atoms with Crippen molar-refractivity contribution in [1.82, 2.24) is 19.7 Å². The van der Waals surface area contributed by atoms with E-state index in [1.165, 1.54) is 18.2 Å². The first-order valence-electron chi connectivity index (χ1n) is 8.73. The van der Waals surface area contributed by atoms with Crippen molar-refractivity contribution in [2.75, 3.05) is 0 Å². The summed E-state index contributed by atoms with van der Waals surface area (Å²) in [6, 6.07) is 1.90. The molecule has 0 unspecified atom stereocenters. The summed E-state index contributed by atoms with van der Waals surface area (Å²) in [5, 5.41) is 0. The summed E-state index contributed by atoms with van der Waals surface area (Å²) in [5.74, 6) is -13.0. The average Bonchev–Trinajstić information content (AvgIpc) is 3.47. The van der Waals surface area contributed by atoms with Gasteiger partial charge in [-0.3, -0.25) is 0 Å². The molecule has 0 atom stereocenters. The number of fused-ring (bicyclic) bond motifs is 8. The van der Waals surface area contributed by atoms with Crippen LogP contribution in [-0.4, -0.2) is 19.7 Å². The molecule has 3 aromatic rings. The minimum Gasteiger partial charge on any atom is -0.346 e. The van der Waals surface area contributed by atoms with E-state index in [4.69, 9.17) is 0 Å². The van der Waals surface area contributed by atoms with Crippen LogP contribution in [0.25, 0.3) is 46.1 Å². The van der Waals surface area contributed by atoms with E-state index in [2.05, 4.69) is 9.97 Å². The molecule has 2 aliphatic rings. The third-order valence-electron chi connectivity index (χ3n) is 4.77. The second-order valence-corrected chi connectivity index (χ2v) is 6.73. The second kappa shape index (κ2) is 6.77. The van der Waals surface area contributed by atoms with Crippen LogP contribution in [0.3, 0.4) is 0 Å².